The van der Waals surface area contributed by atoms with E-state index >= 15 is 0 Å². The van der Waals surface area contributed by atoms with Crippen LogP contribution < -0.4 is 15.8 Å². The molecular formula is C15H21N3O4S. The third kappa shape index (κ3) is 5.33. The summed E-state index contributed by atoms with van der Waals surface area (Å²) in [4.78, 5) is 23.4. The van der Waals surface area contributed by atoms with E-state index in [0.717, 1.165) is 31.2 Å². The minimum Gasteiger partial charge on any atom is -0.348 e. The van der Waals surface area contributed by atoms with Crippen LogP contribution in [0.2, 0.25) is 0 Å². The minimum absolute atomic E-state index is 0.0428. The molecular weight excluding hydrogens is 318 g/mol. The third-order valence-electron chi connectivity index (χ3n) is 3.85. The fraction of sp³-hybridized carbons (Fsp3) is 0.467. The Kier molecular flexibility index (Phi) is 5.73. The van der Waals surface area contributed by atoms with Crippen LogP contribution in [0.25, 0.3) is 0 Å². The summed E-state index contributed by atoms with van der Waals surface area (Å²) in [6.07, 6.45) is 4.51. The number of benzene rings is 1. The molecule has 1 aliphatic rings. The van der Waals surface area contributed by atoms with E-state index in [1.165, 1.54) is 12.1 Å². The fourth-order valence-electron chi connectivity index (χ4n) is 2.57. The number of rotatable bonds is 5. The molecule has 0 bridgehead atoms. The molecule has 0 unspecified atom stereocenters. The van der Waals surface area contributed by atoms with Crippen molar-refractivity contribution in [3.8, 4) is 0 Å². The number of primary sulfonamides is 1. The second kappa shape index (κ2) is 7.56. The molecule has 0 aliphatic heterocycles. The summed E-state index contributed by atoms with van der Waals surface area (Å²) in [7, 11) is -3.70. The molecule has 1 fully saturated rings. The summed E-state index contributed by atoms with van der Waals surface area (Å²) in [5.41, 5.74) is 0.842. The summed E-state index contributed by atoms with van der Waals surface area (Å²) in [5.74, 6) is -1.24. The lowest BCUT2D eigenvalue weighted by molar-refractivity contribution is -0.139. The molecule has 2 rings (SSSR count). The standard InChI is InChI=1S/C15H21N3O4S/c16-23(21,22)13-7-5-11(6-8-13)9-10-17-14(19)15(20)18-12-3-1-2-4-12/h5-8,12H,1-4,9-10H2,(H,17,19)(H,18,20)(H2,16,21,22). The lowest BCUT2D eigenvalue weighted by atomic mass is 10.1. The third-order valence-corrected chi connectivity index (χ3v) is 4.78. The molecule has 0 heterocycles. The summed E-state index contributed by atoms with van der Waals surface area (Å²) < 4.78 is 22.3. The van der Waals surface area contributed by atoms with Gasteiger partial charge in [0, 0.05) is 12.6 Å². The lowest BCUT2D eigenvalue weighted by Gasteiger charge is -2.11. The van der Waals surface area contributed by atoms with Crippen molar-refractivity contribution in [3.05, 3.63) is 29.8 Å². The van der Waals surface area contributed by atoms with E-state index in [2.05, 4.69) is 10.6 Å². The average molecular weight is 339 g/mol. The Labute approximate surface area is 135 Å². The molecule has 7 nitrogen and oxygen atoms in total. The van der Waals surface area contributed by atoms with Gasteiger partial charge in [0.2, 0.25) is 10.0 Å². The normalized spacial score (nSPS) is 15.3. The van der Waals surface area contributed by atoms with E-state index in [4.69, 9.17) is 5.14 Å². The largest absolute Gasteiger partial charge is 0.348 e. The first-order valence-corrected chi connectivity index (χ1v) is 9.11. The van der Waals surface area contributed by atoms with Crippen molar-refractivity contribution in [2.75, 3.05) is 6.54 Å². The first kappa shape index (κ1) is 17.4. The van der Waals surface area contributed by atoms with E-state index in [9.17, 15) is 18.0 Å². The molecule has 0 aromatic heterocycles. The Hall–Kier alpha value is -1.93. The van der Waals surface area contributed by atoms with Crippen molar-refractivity contribution >= 4 is 21.8 Å². The summed E-state index contributed by atoms with van der Waals surface area (Å²) in [6, 6.07) is 6.20. The van der Waals surface area contributed by atoms with Gasteiger partial charge in [-0.15, -0.1) is 0 Å². The maximum Gasteiger partial charge on any atom is 0.309 e. The zero-order valence-electron chi connectivity index (χ0n) is 12.7. The van der Waals surface area contributed by atoms with Gasteiger partial charge in [0.05, 0.1) is 4.90 Å². The average Bonchev–Trinajstić information content (AvgIpc) is 2.99. The molecule has 1 saturated carbocycles. The maximum atomic E-state index is 11.7. The second-order valence-electron chi connectivity index (χ2n) is 5.65. The van der Waals surface area contributed by atoms with Crippen LogP contribution in [0.5, 0.6) is 0 Å². The number of carbonyl (C=O) groups is 2. The Bertz CT molecular complexity index is 664. The van der Waals surface area contributed by atoms with Crippen LogP contribution in [-0.2, 0) is 26.0 Å². The van der Waals surface area contributed by atoms with E-state index < -0.39 is 21.8 Å². The van der Waals surface area contributed by atoms with Gasteiger partial charge in [-0.3, -0.25) is 9.59 Å². The Balaban J connectivity index is 1.75. The highest BCUT2D eigenvalue weighted by molar-refractivity contribution is 7.89. The van der Waals surface area contributed by atoms with Gasteiger partial charge in [0.25, 0.3) is 0 Å². The highest BCUT2D eigenvalue weighted by Crippen LogP contribution is 2.17. The van der Waals surface area contributed by atoms with Crippen LogP contribution in [0, 0.1) is 0 Å². The molecule has 4 N–H and O–H groups in total. The van der Waals surface area contributed by atoms with Gasteiger partial charge in [-0.25, -0.2) is 13.6 Å². The number of amides is 2. The molecule has 0 radical (unpaired) electrons. The SMILES string of the molecule is NS(=O)(=O)c1ccc(CCNC(=O)C(=O)NC2CCCC2)cc1. The smallest absolute Gasteiger partial charge is 0.309 e. The van der Waals surface area contributed by atoms with Gasteiger partial charge in [-0.1, -0.05) is 25.0 Å². The predicted octanol–water partition coefficient (Wildman–Crippen LogP) is 0.0515. The molecule has 23 heavy (non-hydrogen) atoms. The first-order valence-electron chi connectivity index (χ1n) is 7.57. The van der Waals surface area contributed by atoms with E-state index in [0.29, 0.717) is 13.0 Å². The topological polar surface area (TPSA) is 118 Å². The Morgan fingerprint density at radius 3 is 2.26 bits per heavy atom. The summed E-state index contributed by atoms with van der Waals surface area (Å²) >= 11 is 0. The van der Waals surface area contributed by atoms with Gasteiger partial charge in [-0.2, -0.15) is 0 Å². The van der Waals surface area contributed by atoms with Gasteiger partial charge in [-0.05, 0) is 37.0 Å². The van der Waals surface area contributed by atoms with E-state index in [1.54, 1.807) is 12.1 Å². The number of nitrogens with two attached hydrogens (primary N) is 1. The van der Waals surface area contributed by atoms with Gasteiger partial charge in [0.1, 0.15) is 0 Å². The molecule has 0 atom stereocenters. The zero-order chi connectivity index (χ0) is 16.9. The molecule has 1 aromatic rings. The number of sulfonamides is 1. The van der Waals surface area contributed by atoms with Crippen LogP contribution >= 0.6 is 0 Å². The number of hydrogen-bond donors (Lipinski definition) is 3. The van der Waals surface area contributed by atoms with Crippen LogP contribution in [0.15, 0.2) is 29.2 Å². The van der Waals surface area contributed by atoms with Crippen molar-refractivity contribution in [2.24, 2.45) is 5.14 Å². The van der Waals surface area contributed by atoms with Crippen LogP contribution in [-0.4, -0.2) is 32.8 Å². The summed E-state index contributed by atoms with van der Waals surface area (Å²) in [6.45, 7) is 0.297. The van der Waals surface area contributed by atoms with Gasteiger partial charge < -0.3 is 10.6 Å². The van der Waals surface area contributed by atoms with Crippen molar-refractivity contribution in [2.45, 2.75) is 43.0 Å². The van der Waals surface area contributed by atoms with Gasteiger partial charge >= 0.3 is 11.8 Å². The quantitative estimate of drug-likeness (QED) is 0.657. The van der Waals surface area contributed by atoms with Crippen molar-refractivity contribution in [1.82, 2.24) is 10.6 Å². The Morgan fingerprint density at radius 2 is 1.70 bits per heavy atom. The number of hydrogen-bond acceptors (Lipinski definition) is 4. The van der Waals surface area contributed by atoms with Gasteiger partial charge in [0.15, 0.2) is 0 Å². The van der Waals surface area contributed by atoms with Crippen molar-refractivity contribution in [1.29, 1.82) is 0 Å². The molecule has 0 spiro atoms. The number of carbonyl (C=O) groups excluding carboxylic acids is 2. The predicted molar refractivity (Wildman–Crippen MR) is 84.9 cm³/mol. The second-order valence-corrected chi connectivity index (χ2v) is 7.21. The minimum atomic E-state index is -3.70. The van der Waals surface area contributed by atoms with Crippen molar-refractivity contribution < 1.29 is 18.0 Å². The van der Waals surface area contributed by atoms with Crippen LogP contribution in [0.3, 0.4) is 0 Å². The van der Waals surface area contributed by atoms with E-state index in [-0.39, 0.29) is 10.9 Å². The highest BCUT2D eigenvalue weighted by Gasteiger charge is 2.20. The summed E-state index contributed by atoms with van der Waals surface area (Å²) in [5, 5.41) is 10.3. The fourth-order valence-corrected chi connectivity index (χ4v) is 3.08. The van der Waals surface area contributed by atoms with Crippen LogP contribution in [0.1, 0.15) is 31.2 Å². The van der Waals surface area contributed by atoms with E-state index in [1.807, 2.05) is 0 Å². The number of nitrogens with one attached hydrogen (secondary N) is 2. The lowest BCUT2D eigenvalue weighted by Crippen LogP contribution is -2.44. The molecule has 0 saturated heterocycles. The molecule has 1 aliphatic carbocycles. The first-order chi connectivity index (χ1) is 10.9. The molecule has 1 aromatic carbocycles. The molecule has 126 valence electrons. The molecule has 8 heteroatoms. The van der Waals surface area contributed by atoms with Crippen LogP contribution in [0.4, 0.5) is 0 Å². The maximum absolute atomic E-state index is 11.7. The van der Waals surface area contributed by atoms with Crippen molar-refractivity contribution in [3.63, 3.8) is 0 Å². The zero-order valence-corrected chi connectivity index (χ0v) is 13.6. The highest BCUT2D eigenvalue weighted by atomic mass is 32.2. The Morgan fingerprint density at radius 1 is 1.09 bits per heavy atom. The monoisotopic (exact) mass is 339 g/mol. The molecule has 2 amide bonds.